The van der Waals surface area contributed by atoms with Crippen molar-refractivity contribution in [3.05, 3.63) is 58.2 Å². The van der Waals surface area contributed by atoms with E-state index >= 15 is 0 Å². The minimum atomic E-state index is 1.04. The molecule has 2 aromatic rings. The van der Waals surface area contributed by atoms with Crippen molar-refractivity contribution in [3.63, 3.8) is 0 Å². The van der Waals surface area contributed by atoms with Crippen LogP contribution in [0, 0.1) is 0 Å². The molecule has 3 aliphatic rings. The summed E-state index contributed by atoms with van der Waals surface area (Å²) >= 11 is 1.74. The molecule has 5 heteroatoms. The molecular weight excluding hydrogens is 352 g/mol. The van der Waals surface area contributed by atoms with Gasteiger partial charge >= 0.3 is 0 Å². The Labute approximate surface area is 165 Å². The number of piperazine rings is 1. The van der Waals surface area contributed by atoms with Gasteiger partial charge in [0.2, 0.25) is 0 Å². The number of fused-ring (bicyclic) bond motifs is 1. The third-order valence-corrected chi connectivity index (χ3v) is 6.61. The highest BCUT2D eigenvalue weighted by atomic mass is 32.1. The van der Waals surface area contributed by atoms with Crippen LogP contribution in [0.15, 0.2) is 52.6 Å². The Hall–Kier alpha value is -1.95. The zero-order valence-corrected chi connectivity index (χ0v) is 16.7. The molecule has 140 valence electrons. The Morgan fingerprint density at radius 2 is 1.89 bits per heavy atom. The van der Waals surface area contributed by atoms with Crippen LogP contribution in [-0.4, -0.2) is 72.5 Å². The molecule has 0 spiro atoms. The quantitative estimate of drug-likeness (QED) is 0.768. The summed E-state index contributed by atoms with van der Waals surface area (Å²) in [5, 5.41) is 4.32. The summed E-state index contributed by atoms with van der Waals surface area (Å²) in [6, 6.07) is 4.47. The van der Waals surface area contributed by atoms with Crippen molar-refractivity contribution >= 4 is 16.9 Å². The molecule has 4 nitrogen and oxygen atoms in total. The van der Waals surface area contributed by atoms with E-state index in [1.807, 2.05) is 12.4 Å². The molecule has 4 heterocycles. The van der Waals surface area contributed by atoms with E-state index in [9.17, 15) is 0 Å². The van der Waals surface area contributed by atoms with E-state index in [2.05, 4.69) is 55.7 Å². The molecular formula is C22H26N4S. The van der Waals surface area contributed by atoms with Crippen molar-refractivity contribution < 1.29 is 0 Å². The van der Waals surface area contributed by atoms with Gasteiger partial charge in [0.05, 0.1) is 0 Å². The van der Waals surface area contributed by atoms with Gasteiger partial charge in [-0.3, -0.25) is 4.98 Å². The van der Waals surface area contributed by atoms with Crippen LogP contribution >= 0.6 is 11.3 Å². The van der Waals surface area contributed by atoms with Crippen LogP contribution in [0.1, 0.15) is 12.0 Å². The first-order chi connectivity index (χ1) is 13.3. The zero-order valence-electron chi connectivity index (χ0n) is 15.9. The molecule has 0 saturated carbocycles. The molecule has 0 bridgehead atoms. The van der Waals surface area contributed by atoms with Crippen molar-refractivity contribution in [1.82, 2.24) is 19.7 Å². The second kappa shape index (κ2) is 7.23. The van der Waals surface area contributed by atoms with Crippen molar-refractivity contribution in [2.24, 2.45) is 0 Å². The third kappa shape index (κ3) is 3.59. The molecule has 1 aliphatic carbocycles. The SMILES string of the molecule is CN1CCN(CCCN2CC(c3cncc(-c4ccsc4)c3)=C3C=C32)CC1. The van der Waals surface area contributed by atoms with Gasteiger partial charge in [-0.05, 0) is 65.7 Å². The number of allylic oxidation sites excluding steroid dienone is 2. The molecule has 0 amide bonds. The molecule has 0 unspecified atom stereocenters. The monoisotopic (exact) mass is 378 g/mol. The number of thiophene rings is 1. The lowest BCUT2D eigenvalue weighted by atomic mass is 10.0. The summed E-state index contributed by atoms with van der Waals surface area (Å²) in [5.74, 6) is 0. The predicted octanol–water partition coefficient (Wildman–Crippen LogP) is 3.41. The maximum absolute atomic E-state index is 4.51. The number of likely N-dealkylation sites (N-methyl/N-ethyl adjacent to an activating group) is 1. The third-order valence-electron chi connectivity index (χ3n) is 5.93. The van der Waals surface area contributed by atoms with Crippen LogP contribution in [0.4, 0.5) is 0 Å². The van der Waals surface area contributed by atoms with Crippen LogP contribution in [0.2, 0.25) is 0 Å². The maximum atomic E-state index is 4.51. The van der Waals surface area contributed by atoms with Crippen LogP contribution in [0.5, 0.6) is 0 Å². The summed E-state index contributed by atoms with van der Waals surface area (Å²) in [5.41, 5.74) is 8.14. The Bertz CT molecular complexity index is 875. The molecule has 1 saturated heterocycles. The Kier molecular flexibility index (Phi) is 4.60. The average Bonchev–Trinajstić information content (AvgIpc) is 3.14. The molecule has 0 radical (unpaired) electrons. The number of hydrogen-bond acceptors (Lipinski definition) is 5. The van der Waals surface area contributed by atoms with Crippen LogP contribution in [-0.2, 0) is 0 Å². The molecule has 2 aromatic heterocycles. The van der Waals surface area contributed by atoms with E-state index in [-0.39, 0.29) is 0 Å². The van der Waals surface area contributed by atoms with Gasteiger partial charge in [0.15, 0.2) is 0 Å². The number of hydrogen-bond donors (Lipinski definition) is 0. The number of rotatable bonds is 6. The fourth-order valence-corrected chi connectivity index (χ4v) is 4.82. The molecule has 27 heavy (non-hydrogen) atoms. The second-order valence-electron chi connectivity index (χ2n) is 7.82. The predicted molar refractivity (Wildman–Crippen MR) is 113 cm³/mol. The summed E-state index contributed by atoms with van der Waals surface area (Å²) in [7, 11) is 2.22. The van der Waals surface area contributed by atoms with Gasteiger partial charge in [0, 0.05) is 68.5 Å². The number of nitrogens with zero attached hydrogens (tertiary/aromatic N) is 4. The van der Waals surface area contributed by atoms with Crippen LogP contribution in [0.25, 0.3) is 16.7 Å². The minimum Gasteiger partial charge on any atom is -0.367 e. The summed E-state index contributed by atoms with van der Waals surface area (Å²) in [6.45, 7) is 8.26. The Morgan fingerprint density at radius 3 is 2.70 bits per heavy atom. The summed E-state index contributed by atoms with van der Waals surface area (Å²) in [6.07, 6.45) is 7.58. The van der Waals surface area contributed by atoms with Gasteiger partial charge in [-0.2, -0.15) is 11.3 Å². The molecule has 0 N–H and O–H groups in total. The molecule has 0 atom stereocenters. The highest BCUT2D eigenvalue weighted by Gasteiger charge is 2.34. The normalized spacial score (nSPS) is 20.2. The van der Waals surface area contributed by atoms with Gasteiger partial charge in [0.1, 0.15) is 0 Å². The van der Waals surface area contributed by atoms with Crippen molar-refractivity contribution in [2.75, 3.05) is 52.9 Å². The molecule has 2 aliphatic heterocycles. The average molecular weight is 379 g/mol. The first-order valence-corrected chi connectivity index (χ1v) is 10.8. The molecule has 1 fully saturated rings. The summed E-state index contributed by atoms with van der Waals surface area (Å²) in [4.78, 5) is 12.1. The lowest BCUT2D eigenvalue weighted by Crippen LogP contribution is -2.45. The van der Waals surface area contributed by atoms with Gasteiger partial charge in [-0.25, -0.2) is 0 Å². The van der Waals surface area contributed by atoms with Gasteiger partial charge in [0.25, 0.3) is 0 Å². The van der Waals surface area contributed by atoms with Crippen LogP contribution < -0.4 is 0 Å². The number of aromatic nitrogens is 1. The molecule has 5 rings (SSSR count). The fourth-order valence-electron chi connectivity index (χ4n) is 4.16. The van der Waals surface area contributed by atoms with E-state index in [1.54, 1.807) is 11.3 Å². The van der Waals surface area contributed by atoms with E-state index in [0.29, 0.717) is 0 Å². The fraction of sp³-hybridized carbons (Fsp3) is 0.409. The van der Waals surface area contributed by atoms with E-state index in [4.69, 9.17) is 0 Å². The zero-order chi connectivity index (χ0) is 18.2. The number of pyridine rings is 1. The lowest BCUT2D eigenvalue weighted by molar-refractivity contribution is 0.150. The Morgan fingerprint density at radius 1 is 1.04 bits per heavy atom. The Balaban J connectivity index is 1.19. The van der Waals surface area contributed by atoms with E-state index in [0.717, 1.165) is 13.1 Å². The lowest BCUT2D eigenvalue weighted by Gasteiger charge is -2.32. The highest BCUT2D eigenvalue weighted by Crippen LogP contribution is 2.45. The smallest absolute Gasteiger partial charge is 0.0454 e. The van der Waals surface area contributed by atoms with E-state index in [1.165, 1.54) is 72.7 Å². The summed E-state index contributed by atoms with van der Waals surface area (Å²) < 4.78 is 0. The van der Waals surface area contributed by atoms with Gasteiger partial charge in [-0.15, -0.1) is 0 Å². The van der Waals surface area contributed by atoms with Crippen molar-refractivity contribution in [3.8, 4) is 11.1 Å². The second-order valence-corrected chi connectivity index (χ2v) is 8.60. The van der Waals surface area contributed by atoms with E-state index < -0.39 is 0 Å². The first-order valence-electron chi connectivity index (χ1n) is 9.87. The van der Waals surface area contributed by atoms with Gasteiger partial charge < -0.3 is 14.7 Å². The minimum absolute atomic E-state index is 1.04. The first kappa shape index (κ1) is 17.2. The van der Waals surface area contributed by atoms with Crippen LogP contribution in [0.3, 0.4) is 0 Å². The van der Waals surface area contributed by atoms with Crippen molar-refractivity contribution in [1.29, 1.82) is 0 Å². The maximum Gasteiger partial charge on any atom is 0.0454 e. The standard InChI is InChI=1S/C22H26N4S/c1-24-6-8-25(9-7-24)4-2-5-26-15-21(20-12-22(20)26)19-11-18(13-23-14-19)17-3-10-27-16-17/h3,10-14,16H,2,4-9,15H2,1H3. The topological polar surface area (TPSA) is 22.6 Å². The molecule has 0 aromatic carbocycles. The largest absolute Gasteiger partial charge is 0.367 e. The highest BCUT2D eigenvalue weighted by molar-refractivity contribution is 7.08. The van der Waals surface area contributed by atoms with Crippen molar-refractivity contribution in [2.45, 2.75) is 6.42 Å². The van der Waals surface area contributed by atoms with Gasteiger partial charge in [-0.1, -0.05) is 0 Å².